The van der Waals surface area contributed by atoms with Gasteiger partial charge in [-0.25, -0.2) is 9.78 Å². The Balaban J connectivity index is 2.61. The molecule has 6 heteroatoms. The van der Waals surface area contributed by atoms with E-state index in [2.05, 4.69) is 10.3 Å². The average molecular weight is 273 g/mol. The van der Waals surface area contributed by atoms with Gasteiger partial charge in [-0.15, -0.1) is 0 Å². The Morgan fingerprint density at radius 1 is 1.30 bits per heavy atom. The molecule has 0 fully saturated rings. The third-order valence-corrected chi connectivity index (χ3v) is 3.01. The predicted molar refractivity (Wildman–Crippen MR) is 75.6 cm³/mol. The van der Waals surface area contributed by atoms with Crippen molar-refractivity contribution < 1.29 is 14.7 Å². The highest BCUT2D eigenvalue weighted by atomic mass is 16.4. The summed E-state index contributed by atoms with van der Waals surface area (Å²) in [5.74, 6) is -1.36. The number of rotatable bonds is 4. The van der Waals surface area contributed by atoms with Crippen LogP contribution in [-0.4, -0.2) is 27.5 Å². The summed E-state index contributed by atoms with van der Waals surface area (Å²) in [4.78, 5) is 26.6. The van der Waals surface area contributed by atoms with Crippen LogP contribution in [-0.2, 0) is 4.79 Å². The number of carbonyl (C=O) groups excluding carboxylic acids is 1. The van der Waals surface area contributed by atoms with Gasteiger partial charge in [0.05, 0.1) is 0 Å². The Kier molecular flexibility index (Phi) is 3.31. The van der Waals surface area contributed by atoms with Crippen molar-refractivity contribution in [3.8, 4) is 0 Å². The second-order valence-electron chi connectivity index (χ2n) is 5.00. The molecule has 6 nitrogen and oxygen atoms in total. The SMILES string of the molecule is CC(C)(Nc1nc(C(=O)O)cc2ccccc12)C(N)=O. The van der Waals surface area contributed by atoms with Crippen molar-refractivity contribution in [1.29, 1.82) is 0 Å². The van der Waals surface area contributed by atoms with Crippen LogP contribution in [0, 0.1) is 0 Å². The zero-order valence-electron chi connectivity index (χ0n) is 11.2. The van der Waals surface area contributed by atoms with E-state index >= 15 is 0 Å². The maximum atomic E-state index is 11.4. The number of carbonyl (C=O) groups is 2. The number of anilines is 1. The molecule has 0 aliphatic rings. The van der Waals surface area contributed by atoms with E-state index in [1.165, 1.54) is 6.07 Å². The van der Waals surface area contributed by atoms with E-state index in [0.717, 1.165) is 10.8 Å². The fourth-order valence-corrected chi connectivity index (χ4v) is 1.76. The molecule has 0 bridgehead atoms. The van der Waals surface area contributed by atoms with E-state index in [0.29, 0.717) is 5.82 Å². The maximum absolute atomic E-state index is 11.4. The topological polar surface area (TPSA) is 105 Å². The molecule has 0 aliphatic carbocycles. The van der Waals surface area contributed by atoms with Crippen molar-refractivity contribution >= 4 is 28.5 Å². The Hall–Kier alpha value is -2.63. The number of hydrogen-bond donors (Lipinski definition) is 3. The lowest BCUT2D eigenvalue weighted by molar-refractivity contribution is -0.121. The van der Waals surface area contributed by atoms with E-state index in [1.54, 1.807) is 32.0 Å². The van der Waals surface area contributed by atoms with Gasteiger partial charge >= 0.3 is 5.97 Å². The van der Waals surface area contributed by atoms with Crippen LogP contribution in [0.25, 0.3) is 10.8 Å². The van der Waals surface area contributed by atoms with Crippen molar-refractivity contribution in [2.24, 2.45) is 5.73 Å². The van der Waals surface area contributed by atoms with E-state index < -0.39 is 17.4 Å². The molecular weight excluding hydrogens is 258 g/mol. The Labute approximate surface area is 115 Å². The van der Waals surface area contributed by atoms with Crippen LogP contribution in [0.1, 0.15) is 24.3 Å². The maximum Gasteiger partial charge on any atom is 0.354 e. The third-order valence-electron chi connectivity index (χ3n) is 3.01. The predicted octanol–water partition coefficient (Wildman–Crippen LogP) is 1.61. The number of aromatic carboxylic acids is 1. The smallest absolute Gasteiger partial charge is 0.354 e. The van der Waals surface area contributed by atoms with Crippen LogP contribution in [0.3, 0.4) is 0 Å². The van der Waals surface area contributed by atoms with Gasteiger partial charge in [0.15, 0.2) is 5.69 Å². The lowest BCUT2D eigenvalue weighted by Crippen LogP contribution is -2.45. The lowest BCUT2D eigenvalue weighted by Gasteiger charge is -2.24. The van der Waals surface area contributed by atoms with Gasteiger partial charge in [0, 0.05) is 5.39 Å². The van der Waals surface area contributed by atoms with E-state index in [4.69, 9.17) is 10.8 Å². The summed E-state index contributed by atoms with van der Waals surface area (Å²) in [6.45, 7) is 3.22. The highest BCUT2D eigenvalue weighted by molar-refractivity contribution is 5.99. The number of nitrogens with two attached hydrogens (primary N) is 1. The highest BCUT2D eigenvalue weighted by Gasteiger charge is 2.26. The Morgan fingerprint density at radius 2 is 1.95 bits per heavy atom. The molecule has 0 saturated carbocycles. The van der Waals surface area contributed by atoms with Crippen LogP contribution in [0.5, 0.6) is 0 Å². The van der Waals surface area contributed by atoms with Gasteiger partial charge in [0.1, 0.15) is 11.4 Å². The fraction of sp³-hybridized carbons (Fsp3) is 0.214. The summed E-state index contributed by atoms with van der Waals surface area (Å²) in [6, 6.07) is 8.68. The number of amides is 1. The average Bonchev–Trinajstić information content (AvgIpc) is 2.37. The first kappa shape index (κ1) is 13.8. The highest BCUT2D eigenvalue weighted by Crippen LogP contribution is 2.25. The minimum atomic E-state index is -1.13. The van der Waals surface area contributed by atoms with Crippen molar-refractivity contribution in [2.75, 3.05) is 5.32 Å². The number of primary amides is 1. The normalized spacial score (nSPS) is 11.3. The van der Waals surface area contributed by atoms with Crippen LogP contribution < -0.4 is 11.1 Å². The second kappa shape index (κ2) is 4.80. The van der Waals surface area contributed by atoms with Crippen LogP contribution in [0.4, 0.5) is 5.82 Å². The van der Waals surface area contributed by atoms with Gasteiger partial charge in [0.25, 0.3) is 0 Å². The molecule has 2 rings (SSSR count). The molecule has 20 heavy (non-hydrogen) atoms. The molecule has 0 saturated heterocycles. The molecule has 0 radical (unpaired) electrons. The molecular formula is C14H15N3O3. The largest absolute Gasteiger partial charge is 0.477 e. The molecule has 4 N–H and O–H groups in total. The lowest BCUT2D eigenvalue weighted by atomic mass is 10.0. The van der Waals surface area contributed by atoms with Crippen LogP contribution >= 0.6 is 0 Å². The number of fused-ring (bicyclic) bond motifs is 1. The number of hydrogen-bond acceptors (Lipinski definition) is 4. The van der Waals surface area contributed by atoms with Crippen molar-refractivity contribution in [2.45, 2.75) is 19.4 Å². The quantitative estimate of drug-likeness (QED) is 0.784. The van der Waals surface area contributed by atoms with Gasteiger partial charge in [0.2, 0.25) is 5.91 Å². The van der Waals surface area contributed by atoms with Crippen molar-refractivity contribution in [3.63, 3.8) is 0 Å². The first-order valence-corrected chi connectivity index (χ1v) is 6.02. The number of pyridine rings is 1. The monoisotopic (exact) mass is 273 g/mol. The molecule has 1 aromatic heterocycles. The van der Waals surface area contributed by atoms with Gasteiger partial charge in [-0.05, 0) is 25.3 Å². The molecule has 0 spiro atoms. The molecule has 0 unspecified atom stereocenters. The van der Waals surface area contributed by atoms with Crippen molar-refractivity contribution in [1.82, 2.24) is 4.98 Å². The van der Waals surface area contributed by atoms with E-state index in [-0.39, 0.29) is 5.69 Å². The summed E-state index contributed by atoms with van der Waals surface area (Å²) in [7, 11) is 0. The standard InChI is InChI=1S/C14H15N3O3/c1-14(2,13(15)20)17-11-9-6-4-3-5-8(9)7-10(16-11)12(18)19/h3-7H,1-2H3,(H2,15,20)(H,16,17)(H,18,19). The number of nitrogens with zero attached hydrogens (tertiary/aromatic N) is 1. The zero-order chi connectivity index (χ0) is 14.9. The van der Waals surface area contributed by atoms with Crippen LogP contribution in [0.15, 0.2) is 30.3 Å². The number of aromatic nitrogens is 1. The second-order valence-corrected chi connectivity index (χ2v) is 5.00. The van der Waals surface area contributed by atoms with E-state index in [1.807, 2.05) is 6.07 Å². The zero-order valence-corrected chi connectivity index (χ0v) is 11.2. The number of nitrogens with one attached hydrogen (secondary N) is 1. The molecule has 0 atom stereocenters. The minimum absolute atomic E-state index is 0.0912. The summed E-state index contributed by atoms with van der Waals surface area (Å²) in [5, 5.41) is 13.5. The molecule has 104 valence electrons. The number of carboxylic acid groups (broad SMARTS) is 1. The summed E-state index contributed by atoms with van der Waals surface area (Å²) in [5.41, 5.74) is 4.19. The summed E-state index contributed by atoms with van der Waals surface area (Å²) < 4.78 is 0. The Morgan fingerprint density at radius 3 is 2.55 bits per heavy atom. The molecule has 2 aromatic rings. The molecule has 1 aromatic carbocycles. The third kappa shape index (κ3) is 2.54. The molecule has 0 aliphatic heterocycles. The Bertz CT molecular complexity index is 695. The first-order chi connectivity index (χ1) is 9.31. The first-order valence-electron chi connectivity index (χ1n) is 6.02. The number of benzene rings is 1. The fourth-order valence-electron chi connectivity index (χ4n) is 1.76. The molecule has 1 amide bonds. The van der Waals surface area contributed by atoms with Crippen molar-refractivity contribution in [3.05, 3.63) is 36.0 Å². The van der Waals surface area contributed by atoms with Gasteiger partial charge < -0.3 is 16.2 Å². The minimum Gasteiger partial charge on any atom is -0.477 e. The summed E-state index contributed by atoms with van der Waals surface area (Å²) in [6.07, 6.45) is 0. The molecule has 1 heterocycles. The van der Waals surface area contributed by atoms with E-state index in [9.17, 15) is 9.59 Å². The number of carboxylic acids is 1. The van der Waals surface area contributed by atoms with Gasteiger partial charge in [-0.3, -0.25) is 4.79 Å². The van der Waals surface area contributed by atoms with Gasteiger partial charge in [-0.2, -0.15) is 0 Å². The van der Waals surface area contributed by atoms with Crippen LogP contribution in [0.2, 0.25) is 0 Å². The van der Waals surface area contributed by atoms with Gasteiger partial charge in [-0.1, -0.05) is 24.3 Å². The summed E-state index contributed by atoms with van der Waals surface area (Å²) >= 11 is 0.